The summed E-state index contributed by atoms with van der Waals surface area (Å²) < 4.78 is 12.9. The minimum Gasteiger partial charge on any atom is -0.495 e. The molecule has 6 nitrogen and oxygen atoms in total. The summed E-state index contributed by atoms with van der Waals surface area (Å²) in [4.78, 5) is 16.2. The van der Waals surface area contributed by atoms with Gasteiger partial charge in [-0.3, -0.25) is 0 Å². The van der Waals surface area contributed by atoms with Crippen LogP contribution in [-0.4, -0.2) is 39.8 Å². The van der Waals surface area contributed by atoms with Gasteiger partial charge in [-0.05, 0) is 26.7 Å². The Morgan fingerprint density at radius 1 is 1.45 bits per heavy atom. The number of hydrogen-bond donors (Lipinski definition) is 1. The number of aryl methyl sites for hydroxylation is 1. The van der Waals surface area contributed by atoms with Crippen molar-refractivity contribution < 1.29 is 19.4 Å². The summed E-state index contributed by atoms with van der Waals surface area (Å²) in [6.45, 7) is 4.66. The van der Waals surface area contributed by atoms with Crippen molar-refractivity contribution in [3.63, 3.8) is 0 Å². The molecule has 2 aromatic heterocycles. The van der Waals surface area contributed by atoms with E-state index < -0.39 is 5.97 Å². The molecule has 0 spiro atoms. The molecule has 0 atom stereocenters. The van der Waals surface area contributed by atoms with Crippen LogP contribution >= 0.6 is 0 Å². The quantitative estimate of drug-likeness (QED) is 0.940. The van der Waals surface area contributed by atoms with E-state index in [-0.39, 0.29) is 16.6 Å². The van der Waals surface area contributed by atoms with Gasteiger partial charge in [0.05, 0.1) is 25.0 Å². The lowest BCUT2D eigenvalue weighted by Crippen LogP contribution is -2.45. The number of hydrogen-bond acceptors (Lipinski definition) is 4. The third kappa shape index (κ3) is 1.58. The van der Waals surface area contributed by atoms with E-state index in [0.717, 1.165) is 29.7 Å². The number of nitrogens with zero attached hydrogens (tertiary/aromatic N) is 2. The fourth-order valence-electron chi connectivity index (χ4n) is 4.09. The Labute approximate surface area is 127 Å². The van der Waals surface area contributed by atoms with Gasteiger partial charge in [-0.1, -0.05) is 0 Å². The monoisotopic (exact) mass is 302 g/mol. The van der Waals surface area contributed by atoms with Gasteiger partial charge in [-0.15, -0.1) is 0 Å². The molecular formula is C16H18N2O4. The molecule has 0 aromatic carbocycles. The predicted octanol–water partition coefficient (Wildman–Crippen LogP) is 2.17. The van der Waals surface area contributed by atoms with Crippen molar-refractivity contribution in [3.05, 3.63) is 29.2 Å². The van der Waals surface area contributed by atoms with E-state index in [1.807, 2.05) is 13.1 Å². The van der Waals surface area contributed by atoms with Crippen LogP contribution in [0.1, 0.15) is 41.4 Å². The molecule has 3 aliphatic rings. The van der Waals surface area contributed by atoms with Gasteiger partial charge in [-0.2, -0.15) is 0 Å². The molecule has 1 saturated carbocycles. The number of aromatic carboxylic acids is 1. The third-order valence-corrected chi connectivity index (χ3v) is 5.02. The van der Waals surface area contributed by atoms with Crippen LogP contribution in [0.3, 0.4) is 0 Å². The maximum absolute atomic E-state index is 11.4. The highest BCUT2D eigenvalue weighted by Crippen LogP contribution is 2.58. The first-order valence-electron chi connectivity index (χ1n) is 7.32. The molecule has 2 aliphatic heterocycles. The molecular weight excluding hydrogens is 284 g/mol. The normalized spacial score (nSPS) is 29.6. The van der Waals surface area contributed by atoms with Crippen molar-refractivity contribution in [3.8, 4) is 5.75 Å². The first kappa shape index (κ1) is 13.6. The lowest BCUT2D eigenvalue weighted by molar-refractivity contribution is 0.0154. The number of carbonyl (C=O) groups is 1. The average Bonchev–Trinajstić information content (AvgIpc) is 3.08. The number of aromatic nitrogens is 2. The molecule has 0 amide bonds. The standard InChI is InChI=1S/C16H18N2O4/c1-9-12(21-3)10(14(19)20)4-18-5-11(17-13(9)18)16-6-15(2,7-16)22-8-16/h4-5H,6-8H2,1-3H3,(H,19,20). The van der Waals surface area contributed by atoms with Crippen LogP contribution in [0.4, 0.5) is 0 Å². The summed E-state index contributed by atoms with van der Waals surface area (Å²) in [5.41, 5.74) is 2.60. The van der Waals surface area contributed by atoms with Gasteiger partial charge in [-0.25, -0.2) is 9.78 Å². The number of carboxylic acid groups (broad SMARTS) is 1. The maximum Gasteiger partial charge on any atom is 0.341 e. The molecule has 6 heteroatoms. The van der Waals surface area contributed by atoms with E-state index in [0.29, 0.717) is 12.4 Å². The number of methoxy groups -OCH3 is 1. The maximum atomic E-state index is 11.4. The molecule has 3 fully saturated rings. The second kappa shape index (κ2) is 4.01. The number of fused-ring (bicyclic) bond motifs is 2. The van der Waals surface area contributed by atoms with Crippen LogP contribution in [0.25, 0.3) is 5.65 Å². The second-order valence-corrected chi connectivity index (χ2v) is 6.74. The number of ether oxygens (including phenoxy) is 2. The molecule has 116 valence electrons. The Bertz CT molecular complexity index is 802. The molecule has 0 radical (unpaired) electrons. The Hall–Kier alpha value is -2.08. The molecule has 0 unspecified atom stereocenters. The summed E-state index contributed by atoms with van der Waals surface area (Å²) in [5.74, 6) is -0.633. The lowest BCUT2D eigenvalue weighted by atomic mass is 9.62. The molecule has 1 aliphatic carbocycles. The lowest BCUT2D eigenvalue weighted by Gasteiger charge is -2.41. The minimum absolute atomic E-state index is 0.00520. The SMILES string of the molecule is COc1c(C(=O)O)cn2cc(C34COC(C)(C3)C4)nc2c1C. The highest BCUT2D eigenvalue weighted by molar-refractivity contribution is 5.92. The van der Waals surface area contributed by atoms with E-state index in [1.165, 1.54) is 7.11 Å². The molecule has 4 heterocycles. The van der Waals surface area contributed by atoms with E-state index in [2.05, 4.69) is 6.92 Å². The van der Waals surface area contributed by atoms with Crippen molar-refractivity contribution in [2.45, 2.75) is 37.7 Å². The number of carboxylic acids is 1. The van der Waals surface area contributed by atoms with Gasteiger partial charge in [0.15, 0.2) is 0 Å². The minimum atomic E-state index is -1.00. The van der Waals surface area contributed by atoms with Crippen molar-refractivity contribution >= 4 is 11.6 Å². The third-order valence-electron chi connectivity index (χ3n) is 5.02. The smallest absolute Gasteiger partial charge is 0.341 e. The molecule has 2 bridgehead atoms. The summed E-state index contributed by atoms with van der Waals surface area (Å²) in [7, 11) is 1.48. The Morgan fingerprint density at radius 2 is 2.18 bits per heavy atom. The molecule has 1 N–H and O–H groups in total. The van der Waals surface area contributed by atoms with Gasteiger partial charge in [0.2, 0.25) is 0 Å². The van der Waals surface area contributed by atoms with Crippen LogP contribution < -0.4 is 4.74 Å². The zero-order valence-electron chi connectivity index (χ0n) is 12.8. The average molecular weight is 302 g/mol. The van der Waals surface area contributed by atoms with Crippen molar-refractivity contribution in [2.75, 3.05) is 13.7 Å². The van der Waals surface area contributed by atoms with E-state index in [4.69, 9.17) is 14.5 Å². The molecule has 5 rings (SSSR count). The van der Waals surface area contributed by atoms with Crippen LogP contribution in [0.15, 0.2) is 12.4 Å². The van der Waals surface area contributed by atoms with Crippen molar-refractivity contribution in [1.29, 1.82) is 0 Å². The van der Waals surface area contributed by atoms with Gasteiger partial charge in [0.25, 0.3) is 0 Å². The van der Waals surface area contributed by atoms with Crippen LogP contribution in [0.5, 0.6) is 5.75 Å². The first-order chi connectivity index (χ1) is 10.4. The number of imidazole rings is 1. The fraction of sp³-hybridized carbons (Fsp3) is 0.500. The molecule has 2 saturated heterocycles. The zero-order chi connectivity index (χ0) is 15.7. The topological polar surface area (TPSA) is 73.1 Å². The molecule has 2 aromatic rings. The van der Waals surface area contributed by atoms with Gasteiger partial charge >= 0.3 is 5.97 Å². The Balaban J connectivity index is 1.88. The summed E-state index contributed by atoms with van der Waals surface area (Å²) in [6, 6.07) is 0. The van der Waals surface area contributed by atoms with Crippen molar-refractivity contribution in [2.24, 2.45) is 0 Å². The van der Waals surface area contributed by atoms with Crippen LogP contribution in [0.2, 0.25) is 0 Å². The van der Waals surface area contributed by atoms with Gasteiger partial charge in [0, 0.05) is 23.4 Å². The first-order valence-corrected chi connectivity index (χ1v) is 7.32. The van der Waals surface area contributed by atoms with Crippen molar-refractivity contribution in [1.82, 2.24) is 9.38 Å². The Kier molecular flexibility index (Phi) is 2.47. The summed E-state index contributed by atoms with van der Waals surface area (Å²) >= 11 is 0. The number of rotatable bonds is 3. The molecule has 22 heavy (non-hydrogen) atoms. The zero-order valence-corrected chi connectivity index (χ0v) is 12.8. The fourth-order valence-corrected chi connectivity index (χ4v) is 4.09. The van der Waals surface area contributed by atoms with Crippen LogP contribution in [0, 0.1) is 6.92 Å². The van der Waals surface area contributed by atoms with Gasteiger partial charge < -0.3 is 19.0 Å². The van der Waals surface area contributed by atoms with E-state index >= 15 is 0 Å². The summed E-state index contributed by atoms with van der Waals surface area (Å²) in [6.07, 6.45) is 5.46. The predicted molar refractivity (Wildman–Crippen MR) is 78.7 cm³/mol. The van der Waals surface area contributed by atoms with E-state index in [1.54, 1.807) is 10.6 Å². The second-order valence-electron chi connectivity index (χ2n) is 6.74. The van der Waals surface area contributed by atoms with E-state index in [9.17, 15) is 9.90 Å². The highest BCUT2D eigenvalue weighted by atomic mass is 16.5. The van der Waals surface area contributed by atoms with Crippen LogP contribution in [-0.2, 0) is 10.2 Å². The highest BCUT2D eigenvalue weighted by Gasteiger charge is 2.61. The number of pyridine rings is 1. The Morgan fingerprint density at radius 3 is 2.73 bits per heavy atom. The summed E-state index contributed by atoms with van der Waals surface area (Å²) in [5, 5.41) is 9.36. The van der Waals surface area contributed by atoms with Gasteiger partial charge in [0.1, 0.15) is 17.0 Å². The largest absolute Gasteiger partial charge is 0.495 e.